The lowest BCUT2D eigenvalue weighted by molar-refractivity contribution is 0.0711. The summed E-state index contributed by atoms with van der Waals surface area (Å²) >= 11 is 0. The predicted octanol–water partition coefficient (Wildman–Crippen LogP) is 1.17. The third-order valence-corrected chi connectivity index (χ3v) is 3.50. The molecule has 0 aromatic heterocycles. The number of aryl methyl sites for hydroxylation is 1. The van der Waals surface area contributed by atoms with E-state index in [2.05, 4.69) is 11.8 Å². The van der Waals surface area contributed by atoms with Gasteiger partial charge in [0.1, 0.15) is 0 Å². The lowest BCUT2D eigenvalue weighted by atomic mass is 10.0. The Morgan fingerprint density at radius 3 is 3.00 bits per heavy atom. The van der Waals surface area contributed by atoms with Gasteiger partial charge in [0, 0.05) is 19.2 Å². The van der Waals surface area contributed by atoms with Gasteiger partial charge in [-0.2, -0.15) is 0 Å². The zero-order valence-corrected chi connectivity index (χ0v) is 12.0. The van der Waals surface area contributed by atoms with Gasteiger partial charge in [0.25, 0.3) is 5.91 Å². The molecule has 1 aromatic rings. The molecule has 1 aliphatic rings. The smallest absolute Gasteiger partial charge is 0.255 e. The quantitative estimate of drug-likeness (QED) is 0.822. The first kappa shape index (κ1) is 14.6. The largest absolute Gasteiger partial charge is 0.379 e. The fourth-order valence-corrected chi connectivity index (χ4v) is 2.28. The molecule has 4 heteroatoms. The first-order chi connectivity index (χ1) is 9.63. The van der Waals surface area contributed by atoms with Gasteiger partial charge in [-0.05, 0) is 31.0 Å². The molecule has 1 aliphatic heterocycles. The topological polar surface area (TPSA) is 55.6 Å². The number of nitrogens with two attached hydrogens (primary N) is 1. The van der Waals surface area contributed by atoms with Crippen LogP contribution >= 0.6 is 0 Å². The molecule has 1 fully saturated rings. The Bertz CT molecular complexity index is 551. The van der Waals surface area contributed by atoms with E-state index in [4.69, 9.17) is 10.5 Å². The van der Waals surface area contributed by atoms with Crippen LogP contribution in [0.25, 0.3) is 0 Å². The number of carbonyl (C=O) groups is 1. The molecule has 4 nitrogen and oxygen atoms in total. The summed E-state index contributed by atoms with van der Waals surface area (Å²) in [6, 6.07) is 5.85. The summed E-state index contributed by atoms with van der Waals surface area (Å²) in [7, 11) is 1.82. The highest BCUT2D eigenvalue weighted by Crippen LogP contribution is 2.17. The third kappa shape index (κ3) is 3.19. The van der Waals surface area contributed by atoms with Crippen LogP contribution in [0, 0.1) is 18.8 Å². The Balaban J connectivity index is 2.28. The van der Waals surface area contributed by atoms with Gasteiger partial charge in [0.15, 0.2) is 0 Å². The second-order valence-corrected chi connectivity index (χ2v) is 4.99. The molecule has 1 unspecified atom stereocenters. The Hall–Kier alpha value is -1.83. The maximum absolute atomic E-state index is 12.6. The molecule has 1 heterocycles. The highest BCUT2D eigenvalue weighted by Gasteiger charge is 2.25. The van der Waals surface area contributed by atoms with Crippen LogP contribution in [0.4, 0.5) is 0 Å². The van der Waals surface area contributed by atoms with Crippen LogP contribution < -0.4 is 5.73 Å². The first-order valence-corrected chi connectivity index (χ1v) is 6.78. The fourth-order valence-electron chi connectivity index (χ4n) is 2.28. The molecule has 1 amide bonds. The van der Waals surface area contributed by atoms with E-state index in [1.54, 1.807) is 4.90 Å². The molecule has 106 valence electrons. The van der Waals surface area contributed by atoms with Crippen LogP contribution in [0.3, 0.4) is 0 Å². The van der Waals surface area contributed by atoms with Crippen molar-refractivity contribution in [2.24, 2.45) is 5.73 Å². The number of ether oxygens (including phenoxy) is 1. The van der Waals surface area contributed by atoms with Gasteiger partial charge in [-0.1, -0.05) is 17.9 Å². The Kier molecular flexibility index (Phi) is 4.78. The number of hydrogen-bond acceptors (Lipinski definition) is 3. The highest BCUT2D eigenvalue weighted by atomic mass is 16.5. The van der Waals surface area contributed by atoms with E-state index in [0.29, 0.717) is 12.2 Å². The number of hydrogen-bond donors (Lipinski definition) is 1. The van der Waals surface area contributed by atoms with Gasteiger partial charge >= 0.3 is 0 Å². The number of nitrogens with zero attached hydrogens (tertiary/aromatic N) is 1. The zero-order valence-electron chi connectivity index (χ0n) is 12.0. The minimum atomic E-state index is -0.0122. The first-order valence-electron chi connectivity index (χ1n) is 6.78. The molecule has 0 spiro atoms. The minimum Gasteiger partial charge on any atom is -0.379 e. The molecule has 2 N–H and O–H groups in total. The zero-order chi connectivity index (χ0) is 14.5. The van der Waals surface area contributed by atoms with Gasteiger partial charge in [-0.15, -0.1) is 0 Å². The lowest BCUT2D eigenvalue weighted by Crippen LogP contribution is -2.37. The fraction of sp³-hybridized carbons (Fsp3) is 0.438. The molecule has 1 atom stereocenters. The summed E-state index contributed by atoms with van der Waals surface area (Å²) in [5.74, 6) is 5.79. The molecular formula is C16H20N2O2. The molecule has 1 aromatic carbocycles. The summed E-state index contributed by atoms with van der Waals surface area (Å²) in [6.07, 6.45) is 0.887. The summed E-state index contributed by atoms with van der Waals surface area (Å²) in [5.41, 5.74) is 7.87. The van der Waals surface area contributed by atoms with E-state index in [9.17, 15) is 4.79 Å². The van der Waals surface area contributed by atoms with Crippen molar-refractivity contribution >= 4 is 5.91 Å². The van der Waals surface area contributed by atoms with E-state index in [-0.39, 0.29) is 18.5 Å². The van der Waals surface area contributed by atoms with E-state index in [1.807, 2.05) is 32.2 Å². The molecule has 0 radical (unpaired) electrons. The maximum atomic E-state index is 12.6. The van der Waals surface area contributed by atoms with Gasteiger partial charge in [-0.25, -0.2) is 0 Å². The summed E-state index contributed by atoms with van der Waals surface area (Å²) in [5, 5.41) is 0. The second-order valence-electron chi connectivity index (χ2n) is 4.99. The van der Waals surface area contributed by atoms with Gasteiger partial charge in [0.05, 0.1) is 24.8 Å². The van der Waals surface area contributed by atoms with Crippen LogP contribution in [0.1, 0.15) is 27.9 Å². The van der Waals surface area contributed by atoms with Crippen LogP contribution in [-0.4, -0.2) is 43.7 Å². The van der Waals surface area contributed by atoms with Gasteiger partial charge < -0.3 is 15.4 Å². The van der Waals surface area contributed by atoms with Crippen molar-refractivity contribution in [3.63, 3.8) is 0 Å². The van der Waals surface area contributed by atoms with Crippen molar-refractivity contribution in [2.45, 2.75) is 19.4 Å². The Labute approximate surface area is 119 Å². The van der Waals surface area contributed by atoms with Crippen LogP contribution in [0.5, 0.6) is 0 Å². The average molecular weight is 272 g/mol. The molecular weight excluding hydrogens is 252 g/mol. The SMILES string of the molecule is Cc1ccc(C(=O)N(C)C2CCOC2)c(C#CCN)c1. The normalized spacial score (nSPS) is 17.4. The van der Waals surface area contributed by atoms with E-state index < -0.39 is 0 Å². The number of benzene rings is 1. The van der Waals surface area contributed by atoms with Crippen molar-refractivity contribution in [1.29, 1.82) is 0 Å². The molecule has 0 saturated carbocycles. The van der Waals surface area contributed by atoms with Crippen molar-refractivity contribution in [3.8, 4) is 11.8 Å². The third-order valence-electron chi connectivity index (χ3n) is 3.50. The number of amides is 1. The molecule has 2 rings (SSSR count). The van der Waals surface area contributed by atoms with Crippen LogP contribution in [0.2, 0.25) is 0 Å². The van der Waals surface area contributed by atoms with Crippen molar-refractivity contribution in [3.05, 3.63) is 34.9 Å². The summed E-state index contributed by atoms with van der Waals surface area (Å²) in [4.78, 5) is 14.4. The van der Waals surface area contributed by atoms with Crippen molar-refractivity contribution in [2.75, 3.05) is 26.8 Å². The van der Waals surface area contributed by atoms with Gasteiger partial charge in [0.2, 0.25) is 0 Å². The maximum Gasteiger partial charge on any atom is 0.255 e. The van der Waals surface area contributed by atoms with Crippen molar-refractivity contribution in [1.82, 2.24) is 4.90 Å². The number of carbonyl (C=O) groups excluding carboxylic acids is 1. The average Bonchev–Trinajstić information content (AvgIpc) is 2.97. The van der Waals surface area contributed by atoms with Gasteiger partial charge in [-0.3, -0.25) is 4.79 Å². The Morgan fingerprint density at radius 1 is 1.55 bits per heavy atom. The van der Waals surface area contributed by atoms with E-state index in [0.717, 1.165) is 24.2 Å². The summed E-state index contributed by atoms with van der Waals surface area (Å²) in [6.45, 7) is 3.60. The predicted molar refractivity (Wildman–Crippen MR) is 78.4 cm³/mol. The molecule has 1 saturated heterocycles. The highest BCUT2D eigenvalue weighted by molar-refractivity contribution is 5.97. The van der Waals surface area contributed by atoms with E-state index in [1.165, 1.54) is 0 Å². The standard InChI is InChI=1S/C16H20N2O2/c1-12-5-6-15(13(10-12)4-3-8-17)16(19)18(2)14-7-9-20-11-14/h5-6,10,14H,7-9,11,17H2,1-2H3. The van der Waals surface area contributed by atoms with Crippen molar-refractivity contribution < 1.29 is 9.53 Å². The lowest BCUT2D eigenvalue weighted by Gasteiger charge is -2.23. The monoisotopic (exact) mass is 272 g/mol. The van der Waals surface area contributed by atoms with Crippen LogP contribution in [0.15, 0.2) is 18.2 Å². The number of rotatable bonds is 2. The Morgan fingerprint density at radius 2 is 2.35 bits per heavy atom. The minimum absolute atomic E-state index is 0.0122. The van der Waals surface area contributed by atoms with Crippen LogP contribution in [-0.2, 0) is 4.74 Å². The molecule has 20 heavy (non-hydrogen) atoms. The number of likely N-dealkylation sites (N-methyl/N-ethyl adjacent to an activating group) is 1. The summed E-state index contributed by atoms with van der Waals surface area (Å²) < 4.78 is 5.34. The second kappa shape index (κ2) is 6.56. The molecule has 0 aliphatic carbocycles. The van der Waals surface area contributed by atoms with E-state index >= 15 is 0 Å². The molecule has 0 bridgehead atoms.